The SMILES string of the molecule is O=C(O)CC(Cl)C[Se]c1ccccc1. The number of halogens is 1. The van der Waals surface area contributed by atoms with Crippen LogP contribution in [0.2, 0.25) is 5.32 Å². The molecule has 0 spiro atoms. The van der Waals surface area contributed by atoms with Crippen LogP contribution in [0.25, 0.3) is 0 Å². The number of aliphatic carboxylic acids is 1. The number of carboxylic acids is 1. The van der Waals surface area contributed by atoms with Crippen molar-refractivity contribution in [3.8, 4) is 0 Å². The molecule has 2 nitrogen and oxygen atoms in total. The zero-order chi connectivity index (χ0) is 10.4. The van der Waals surface area contributed by atoms with Gasteiger partial charge in [0, 0.05) is 0 Å². The first kappa shape index (κ1) is 11.6. The molecule has 0 radical (unpaired) electrons. The number of alkyl halides is 1. The van der Waals surface area contributed by atoms with E-state index in [2.05, 4.69) is 0 Å². The molecule has 0 bridgehead atoms. The average molecular weight is 278 g/mol. The molecule has 0 saturated carbocycles. The number of carboxylic acid groups (broad SMARTS) is 1. The summed E-state index contributed by atoms with van der Waals surface area (Å²) in [6.07, 6.45) is 0.0517. The van der Waals surface area contributed by atoms with Crippen LogP contribution in [-0.2, 0) is 4.79 Å². The molecule has 1 rings (SSSR count). The summed E-state index contributed by atoms with van der Waals surface area (Å²) in [6, 6.07) is 10.0. The average Bonchev–Trinajstić information content (AvgIpc) is 2.15. The topological polar surface area (TPSA) is 37.3 Å². The monoisotopic (exact) mass is 278 g/mol. The van der Waals surface area contributed by atoms with E-state index in [1.54, 1.807) is 0 Å². The van der Waals surface area contributed by atoms with Gasteiger partial charge >= 0.3 is 94.3 Å². The summed E-state index contributed by atoms with van der Waals surface area (Å²) in [4.78, 5) is 10.3. The van der Waals surface area contributed by atoms with Gasteiger partial charge in [-0.1, -0.05) is 0 Å². The van der Waals surface area contributed by atoms with E-state index in [0.29, 0.717) is 0 Å². The van der Waals surface area contributed by atoms with Crippen LogP contribution < -0.4 is 4.46 Å². The van der Waals surface area contributed by atoms with Crippen molar-refractivity contribution in [1.29, 1.82) is 0 Å². The number of hydrogen-bond acceptors (Lipinski definition) is 1. The molecule has 0 aliphatic carbocycles. The van der Waals surface area contributed by atoms with Crippen molar-refractivity contribution in [2.75, 3.05) is 0 Å². The molecule has 1 aromatic carbocycles. The van der Waals surface area contributed by atoms with Crippen LogP contribution in [0.3, 0.4) is 0 Å². The number of rotatable bonds is 5. The Bertz CT molecular complexity index is 289. The van der Waals surface area contributed by atoms with Gasteiger partial charge in [-0.2, -0.15) is 0 Å². The van der Waals surface area contributed by atoms with E-state index in [1.807, 2.05) is 30.3 Å². The molecule has 0 heterocycles. The van der Waals surface area contributed by atoms with E-state index in [9.17, 15) is 4.79 Å². The molecule has 0 amide bonds. The quantitative estimate of drug-likeness (QED) is 0.654. The van der Waals surface area contributed by atoms with E-state index in [0.717, 1.165) is 5.32 Å². The second kappa shape index (κ2) is 6.07. The zero-order valence-corrected chi connectivity index (χ0v) is 9.99. The molecule has 1 atom stereocenters. The van der Waals surface area contributed by atoms with Crippen LogP contribution in [0.15, 0.2) is 30.3 Å². The fraction of sp³-hybridized carbons (Fsp3) is 0.300. The Morgan fingerprint density at radius 3 is 2.64 bits per heavy atom. The Kier molecular flexibility index (Phi) is 5.02. The number of benzene rings is 1. The predicted molar refractivity (Wildman–Crippen MR) is 58.5 cm³/mol. The molecule has 76 valence electrons. The molecule has 4 heteroatoms. The van der Waals surface area contributed by atoms with Crippen molar-refractivity contribution < 1.29 is 9.90 Å². The standard InChI is InChI=1S/C10H11ClO2Se/c11-8(6-10(12)13)7-14-9-4-2-1-3-5-9/h1-5,8H,6-7H2,(H,12,13). The van der Waals surface area contributed by atoms with Gasteiger partial charge in [-0.15, -0.1) is 0 Å². The molecule has 1 aromatic rings. The van der Waals surface area contributed by atoms with Gasteiger partial charge in [0.2, 0.25) is 0 Å². The fourth-order valence-electron chi connectivity index (χ4n) is 0.952. The maximum absolute atomic E-state index is 10.3. The summed E-state index contributed by atoms with van der Waals surface area (Å²) in [7, 11) is 0. The van der Waals surface area contributed by atoms with Gasteiger partial charge in [0.05, 0.1) is 0 Å². The van der Waals surface area contributed by atoms with Crippen LogP contribution in [0.1, 0.15) is 6.42 Å². The summed E-state index contributed by atoms with van der Waals surface area (Å²) in [5.41, 5.74) is 0. The van der Waals surface area contributed by atoms with Gasteiger partial charge in [0.15, 0.2) is 0 Å². The van der Waals surface area contributed by atoms with Gasteiger partial charge in [-0.05, 0) is 0 Å². The van der Waals surface area contributed by atoms with Crippen LogP contribution in [0, 0.1) is 0 Å². The first-order valence-electron chi connectivity index (χ1n) is 4.22. The maximum atomic E-state index is 10.3. The van der Waals surface area contributed by atoms with Gasteiger partial charge in [-0.3, -0.25) is 0 Å². The van der Waals surface area contributed by atoms with Crippen molar-refractivity contribution in [3.63, 3.8) is 0 Å². The summed E-state index contributed by atoms with van der Waals surface area (Å²) in [6.45, 7) is 0. The van der Waals surface area contributed by atoms with Crippen LogP contribution in [0.5, 0.6) is 0 Å². The minimum atomic E-state index is -0.825. The Labute approximate surface area is 94.4 Å². The fourth-order valence-corrected chi connectivity index (χ4v) is 3.18. The van der Waals surface area contributed by atoms with Crippen LogP contribution in [0.4, 0.5) is 0 Å². The molecule has 0 aliphatic rings. The van der Waals surface area contributed by atoms with Crippen molar-refractivity contribution >= 4 is 37.0 Å². The second-order valence-electron chi connectivity index (χ2n) is 2.82. The summed E-state index contributed by atoms with van der Waals surface area (Å²) < 4.78 is 1.26. The predicted octanol–water partition coefficient (Wildman–Crippen LogP) is 1.52. The Balaban J connectivity index is 2.30. The molecular weight excluding hydrogens is 267 g/mol. The Morgan fingerprint density at radius 1 is 1.43 bits per heavy atom. The molecular formula is C10H11ClO2Se. The van der Waals surface area contributed by atoms with Crippen molar-refractivity contribution in [1.82, 2.24) is 0 Å². The van der Waals surface area contributed by atoms with Crippen molar-refractivity contribution in [2.45, 2.75) is 17.1 Å². The van der Waals surface area contributed by atoms with Crippen LogP contribution >= 0.6 is 11.6 Å². The normalized spacial score (nSPS) is 12.4. The Morgan fingerprint density at radius 2 is 2.07 bits per heavy atom. The van der Waals surface area contributed by atoms with Crippen molar-refractivity contribution in [3.05, 3.63) is 30.3 Å². The molecule has 0 fully saturated rings. The van der Waals surface area contributed by atoms with Crippen LogP contribution in [-0.4, -0.2) is 31.4 Å². The van der Waals surface area contributed by atoms with E-state index in [1.165, 1.54) is 4.46 Å². The molecule has 14 heavy (non-hydrogen) atoms. The van der Waals surface area contributed by atoms with E-state index in [-0.39, 0.29) is 26.8 Å². The first-order valence-corrected chi connectivity index (χ1v) is 6.72. The number of carbonyl (C=O) groups is 1. The summed E-state index contributed by atoms with van der Waals surface area (Å²) in [5, 5.41) is 9.03. The third-order valence-electron chi connectivity index (χ3n) is 1.57. The van der Waals surface area contributed by atoms with Crippen molar-refractivity contribution in [2.24, 2.45) is 0 Å². The summed E-state index contributed by atoms with van der Waals surface area (Å²) in [5.74, 6) is -0.825. The number of hydrogen-bond donors (Lipinski definition) is 1. The third-order valence-corrected chi connectivity index (χ3v) is 4.76. The third kappa shape index (κ3) is 4.66. The second-order valence-corrected chi connectivity index (χ2v) is 5.73. The van der Waals surface area contributed by atoms with Gasteiger partial charge in [0.1, 0.15) is 0 Å². The Hall–Kier alpha value is -0.501. The molecule has 1 unspecified atom stereocenters. The van der Waals surface area contributed by atoms with Gasteiger partial charge < -0.3 is 0 Å². The van der Waals surface area contributed by atoms with E-state index < -0.39 is 5.97 Å². The van der Waals surface area contributed by atoms with E-state index >= 15 is 0 Å². The molecule has 1 N–H and O–H groups in total. The zero-order valence-electron chi connectivity index (χ0n) is 7.52. The van der Waals surface area contributed by atoms with Gasteiger partial charge in [0.25, 0.3) is 0 Å². The molecule has 0 aliphatic heterocycles. The summed E-state index contributed by atoms with van der Waals surface area (Å²) >= 11 is 6.14. The van der Waals surface area contributed by atoms with Gasteiger partial charge in [-0.25, -0.2) is 0 Å². The molecule has 0 aromatic heterocycles. The molecule has 0 saturated heterocycles. The minimum absolute atomic E-state index is 0.0517. The first-order chi connectivity index (χ1) is 6.68. The van der Waals surface area contributed by atoms with E-state index in [4.69, 9.17) is 16.7 Å².